The van der Waals surface area contributed by atoms with Crippen molar-refractivity contribution in [2.24, 2.45) is 7.05 Å². The molecule has 0 N–H and O–H groups in total. The van der Waals surface area contributed by atoms with Crippen molar-refractivity contribution in [3.05, 3.63) is 59.5 Å². The zero-order valence-corrected chi connectivity index (χ0v) is 17.2. The van der Waals surface area contributed by atoms with Crippen molar-refractivity contribution < 1.29 is 9.32 Å². The second-order valence-corrected chi connectivity index (χ2v) is 7.81. The molecule has 0 radical (unpaired) electrons. The lowest BCUT2D eigenvalue weighted by molar-refractivity contribution is 0.0712. The monoisotopic (exact) mass is 402 g/mol. The van der Waals surface area contributed by atoms with Gasteiger partial charge in [-0.05, 0) is 44.4 Å². The molecule has 1 atom stereocenters. The molecule has 0 unspecified atom stereocenters. The van der Waals surface area contributed by atoms with Crippen LogP contribution in [0, 0.1) is 13.8 Å². The number of nitrogens with zero attached hydrogens (tertiary/aromatic N) is 6. The van der Waals surface area contributed by atoms with Gasteiger partial charge in [-0.25, -0.2) is 4.98 Å². The largest absolute Gasteiger partial charge is 0.337 e. The van der Waals surface area contributed by atoms with Crippen LogP contribution in [-0.4, -0.2) is 42.3 Å². The van der Waals surface area contributed by atoms with Crippen molar-refractivity contribution >= 4 is 16.8 Å². The summed E-state index contributed by atoms with van der Waals surface area (Å²) in [7, 11) is 1.86. The van der Waals surface area contributed by atoms with E-state index in [9.17, 15) is 4.79 Å². The first-order valence-electron chi connectivity index (χ1n) is 10.0. The SMILES string of the molecule is Cc1ccc2c(C(=O)N3CCC[C@H]3c3nc(C)no3)cc(-c3cnn(C)c3)nc2c1. The highest BCUT2D eigenvalue weighted by molar-refractivity contribution is 6.07. The summed E-state index contributed by atoms with van der Waals surface area (Å²) in [6.45, 7) is 4.46. The quantitative estimate of drug-likeness (QED) is 0.520. The summed E-state index contributed by atoms with van der Waals surface area (Å²) in [5, 5.41) is 8.99. The van der Waals surface area contributed by atoms with Crippen LogP contribution in [-0.2, 0) is 7.05 Å². The molecule has 152 valence electrons. The molecular formula is C22H22N6O2. The van der Waals surface area contributed by atoms with Crippen LogP contribution in [0.2, 0.25) is 0 Å². The van der Waals surface area contributed by atoms with Crippen LogP contribution in [0.3, 0.4) is 0 Å². The molecule has 0 spiro atoms. The highest BCUT2D eigenvalue weighted by Gasteiger charge is 2.35. The van der Waals surface area contributed by atoms with Crippen LogP contribution in [0.25, 0.3) is 22.2 Å². The number of rotatable bonds is 3. The molecule has 1 aromatic carbocycles. The fourth-order valence-electron chi connectivity index (χ4n) is 4.09. The highest BCUT2D eigenvalue weighted by atomic mass is 16.5. The van der Waals surface area contributed by atoms with Gasteiger partial charge in [0.15, 0.2) is 5.82 Å². The Bertz CT molecular complexity index is 1260. The predicted molar refractivity (Wildman–Crippen MR) is 111 cm³/mol. The summed E-state index contributed by atoms with van der Waals surface area (Å²) in [5.41, 5.74) is 4.12. The Morgan fingerprint density at radius 2 is 2.07 bits per heavy atom. The Labute approximate surface area is 173 Å². The van der Waals surface area contributed by atoms with Crippen molar-refractivity contribution in [2.45, 2.75) is 32.7 Å². The molecule has 4 heterocycles. The molecule has 0 saturated carbocycles. The zero-order valence-electron chi connectivity index (χ0n) is 17.2. The van der Waals surface area contributed by atoms with Gasteiger partial charge >= 0.3 is 0 Å². The lowest BCUT2D eigenvalue weighted by atomic mass is 10.0. The van der Waals surface area contributed by atoms with E-state index in [-0.39, 0.29) is 11.9 Å². The molecule has 8 nitrogen and oxygen atoms in total. The van der Waals surface area contributed by atoms with E-state index in [1.807, 2.05) is 49.3 Å². The van der Waals surface area contributed by atoms with Crippen molar-refractivity contribution in [1.29, 1.82) is 0 Å². The molecule has 4 aromatic rings. The minimum absolute atomic E-state index is 0.0465. The lowest BCUT2D eigenvalue weighted by Crippen LogP contribution is -2.31. The van der Waals surface area contributed by atoms with Gasteiger partial charge in [0, 0.05) is 30.7 Å². The molecule has 1 amide bonds. The number of aromatic nitrogens is 5. The maximum Gasteiger partial charge on any atom is 0.255 e. The van der Waals surface area contributed by atoms with Crippen molar-refractivity contribution in [3.8, 4) is 11.3 Å². The molecule has 0 aliphatic carbocycles. The van der Waals surface area contributed by atoms with Crippen molar-refractivity contribution in [3.63, 3.8) is 0 Å². The number of carbonyl (C=O) groups excluding carboxylic acids is 1. The Kier molecular flexibility index (Phi) is 4.34. The van der Waals surface area contributed by atoms with Crippen LogP contribution in [0.1, 0.15) is 46.5 Å². The van der Waals surface area contributed by atoms with Gasteiger partial charge in [-0.2, -0.15) is 10.1 Å². The number of likely N-dealkylation sites (tertiary alicyclic amines) is 1. The van der Waals surface area contributed by atoms with Crippen LogP contribution in [0.4, 0.5) is 0 Å². The maximum absolute atomic E-state index is 13.7. The van der Waals surface area contributed by atoms with Gasteiger partial charge < -0.3 is 9.42 Å². The van der Waals surface area contributed by atoms with Crippen LogP contribution in [0.5, 0.6) is 0 Å². The van der Waals surface area contributed by atoms with E-state index in [2.05, 4.69) is 15.2 Å². The summed E-state index contributed by atoms with van der Waals surface area (Å²) in [5.74, 6) is 1.03. The van der Waals surface area contributed by atoms with E-state index in [1.165, 1.54) is 0 Å². The Morgan fingerprint density at radius 1 is 1.20 bits per heavy atom. The van der Waals surface area contributed by atoms with E-state index in [0.717, 1.165) is 40.6 Å². The average molecular weight is 402 g/mol. The molecule has 0 bridgehead atoms. The fraction of sp³-hybridized carbons (Fsp3) is 0.318. The molecular weight excluding hydrogens is 380 g/mol. The van der Waals surface area contributed by atoms with Crippen molar-refractivity contribution in [2.75, 3.05) is 6.54 Å². The Balaban J connectivity index is 1.62. The molecule has 5 rings (SSSR count). The molecule has 3 aromatic heterocycles. The first-order valence-corrected chi connectivity index (χ1v) is 10.0. The highest BCUT2D eigenvalue weighted by Crippen LogP contribution is 2.34. The molecule has 1 fully saturated rings. The number of amides is 1. The second-order valence-electron chi connectivity index (χ2n) is 7.81. The zero-order chi connectivity index (χ0) is 20.8. The van der Waals surface area contributed by atoms with E-state index in [1.54, 1.807) is 17.8 Å². The summed E-state index contributed by atoms with van der Waals surface area (Å²) in [6.07, 6.45) is 5.37. The van der Waals surface area contributed by atoms with Crippen molar-refractivity contribution in [1.82, 2.24) is 29.8 Å². The average Bonchev–Trinajstić information content (AvgIpc) is 3.46. The Hall–Kier alpha value is -3.55. The summed E-state index contributed by atoms with van der Waals surface area (Å²) >= 11 is 0. The van der Waals surface area contributed by atoms with Crippen LogP contribution in [0.15, 0.2) is 41.2 Å². The summed E-state index contributed by atoms with van der Waals surface area (Å²) in [4.78, 5) is 24.7. The summed E-state index contributed by atoms with van der Waals surface area (Å²) in [6, 6.07) is 7.65. The third-order valence-corrected chi connectivity index (χ3v) is 5.54. The number of hydrogen-bond acceptors (Lipinski definition) is 6. The molecule has 1 aliphatic rings. The van der Waals surface area contributed by atoms with E-state index < -0.39 is 0 Å². The normalized spacial score (nSPS) is 16.5. The van der Waals surface area contributed by atoms with Gasteiger partial charge in [0.2, 0.25) is 5.89 Å². The van der Waals surface area contributed by atoms with Gasteiger partial charge in [0.25, 0.3) is 5.91 Å². The van der Waals surface area contributed by atoms with Gasteiger partial charge in [-0.1, -0.05) is 17.3 Å². The van der Waals surface area contributed by atoms with Gasteiger partial charge in [0.1, 0.15) is 6.04 Å². The topological polar surface area (TPSA) is 89.9 Å². The third-order valence-electron chi connectivity index (χ3n) is 5.54. The first kappa shape index (κ1) is 18.5. The lowest BCUT2D eigenvalue weighted by Gasteiger charge is -2.23. The maximum atomic E-state index is 13.7. The number of aryl methyl sites for hydroxylation is 3. The minimum atomic E-state index is -0.200. The smallest absolute Gasteiger partial charge is 0.255 e. The number of hydrogen-bond donors (Lipinski definition) is 0. The minimum Gasteiger partial charge on any atom is -0.337 e. The standard InChI is InChI=1S/C22H22N6O2/c1-13-6-7-16-17(10-18(25-19(16)9-13)15-11-23-27(3)12-15)22(29)28-8-4-5-20(28)21-24-14(2)26-30-21/h6-7,9-12,20H,4-5,8H2,1-3H3/t20-/m0/s1. The van der Waals surface area contributed by atoms with Crippen LogP contribution < -0.4 is 0 Å². The van der Waals surface area contributed by atoms with Gasteiger partial charge in [0.05, 0.1) is 23.0 Å². The van der Waals surface area contributed by atoms with Crippen LogP contribution >= 0.6 is 0 Å². The molecule has 30 heavy (non-hydrogen) atoms. The molecule has 8 heteroatoms. The number of benzene rings is 1. The fourth-order valence-corrected chi connectivity index (χ4v) is 4.09. The van der Waals surface area contributed by atoms with E-state index in [4.69, 9.17) is 9.51 Å². The van der Waals surface area contributed by atoms with E-state index >= 15 is 0 Å². The first-order chi connectivity index (χ1) is 14.5. The van der Waals surface area contributed by atoms with Gasteiger partial charge in [-0.15, -0.1) is 0 Å². The van der Waals surface area contributed by atoms with Gasteiger partial charge in [-0.3, -0.25) is 9.48 Å². The second kappa shape index (κ2) is 7.05. The van der Waals surface area contributed by atoms with E-state index in [0.29, 0.717) is 23.8 Å². The Morgan fingerprint density at radius 3 is 2.80 bits per heavy atom. The third kappa shape index (κ3) is 3.14. The molecule has 1 saturated heterocycles. The number of fused-ring (bicyclic) bond motifs is 1. The predicted octanol–water partition coefficient (Wildman–Crippen LogP) is 3.61. The number of pyridine rings is 1. The number of carbonyl (C=O) groups is 1. The summed E-state index contributed by atoms with van der Waals surface area (Å²) < 4.78 is 7.11. The molecule has 1 aliphatic heterocycles.